The van der Waals surface area contributed by atoms with Gasteiger partial charge in [0.05, 0.1) is 22.9 Å². The zero-order valence-electron chi connectivity index (χ0n) is 13.3. The normalized spacial score (nSPS) is 10.2. The Balaban J connectivity index is 1.58. The van der Waals surface area contributed by atoms with E-state index in [4.69, 9.17) is 4.74 Å². The monoisotopic (exact) mass is 335 g/mol. The van der Waals surface area contributed by atoms with E-state index in [9.17, 15) is 4.79 Å². The molecule has 0 saturated heterocycles. The van der Waals surface area contributed by atoms with Crippen LogP contribution in [0.5, 0.6) is 0 Å². The van der Waals surface area contributed by atoms with Crippen LogP contribution >= 0.6 is 11.8 Å². The number of thioether (sulfide) groups is 1. The van der Waals surface area contributed by atoms with Crippen LogP contribution in [0.2, 0.25) is 0 Å². The van der Waals surface area contributed by atoms with E-state index in [2.05, 4.69) is 35.0 Å². The molecule has 1 N–H and O–H groups in total. The molecule has 0 aliphatic heterocycles. The molecule has 0 fully saturated rings. The van der Waals surface area contributed by atoms with Gasteiger partial charge in [-0.25, -0.2) is 4.79 Å². The lowest BCUT2D eigenvalue weighted by Gasteiger charge is -2.00. The lowest BCUT2D eigenvalue weighted by molar-refractivity contribution is 0.0526. The van der Waals surface area contributed by atoms with Crippen LogP contribution in [0, 0.1) is 11.8 Å². The molecule has 0 amide bonds. The predicted octanol–water partition coefficient (Wildman–Crippen LogP) is 4.49. The first-order valence-corrected chi connectivity index (χ1v) is 8.71. The van der Waals surface area contributed by atoms with Gasteiger partial charge in [-0.05, 0) is 43.3 Å². The zero-order valence-corrected chi connectivity index (χ0v) is 14.2. The SMILES string of the molecule is CCOC(=O)c1ccc(C#CCSc2cc3ccccc3[nH]2)cc1. The number of aromatic amines is 1. The Labute approximate surface area is 145 Å². The fourth-order valence-corrected chi connectivity index (χ4v) is 2.97. The number of aromatic nitrogens is 1. The Bertz CT molecular complexity index is 868. The van der Waals surface area contributed by atoms with E-state index in [1.165, 1.54) is 5.39 Å². The summed E-state index contributed by atoms with van der Waals surface area (Å²) in [4.78, 5) is 15.0. The lowest BCUT2D eigenvalue weighted by atomic mass is 10.1. The largest absolute Gasteiger partial charge is 0.462 e. The van der Waals surface area contributed by atoms with Gasteiger partial charge in [-0.1, -0.05) is 41.8 Å². The van der Waals surface area contributed by atoms with Gasteiger partial charge in [0.25, 0.3) is 0 Å². The molecule has 0 aliphatic rings. The van der Waals surface area contributed by atoms with Crippen molar-refractivity contribution < 1.29 is 9.53 Å². The van der Waals surface area contributed by atoms with Gasteiger partial charge in [0, 0.05) is 16.5 Å². The van der Waals surface area contributed by atoms with Gasteiger partial charge in [-0.15, -0.1) is 0 Å². The Morgan fingerprint density at radius 3 is 2.71 bits per heavy atom. The number of fused-ring (bicyclic) bond motifs is 1. The van der Waals surface area contributed by atoms with Crippen LogP contribution in [0.15, 0.2) is 59.6 Å². The highest BCUT2D eigenvalue weighted by molar-refractivity contribution is 7.99. The van der Waals surface area contributed by atoms with Crippen molar-refractivity contribution in [3.05, 3.63) is 65.7 Å². The fraction of sp³-hybridized carbons (Fsp3) is 0.150. The molecule has 3 rings (SSSR count). The maximum atomic E-state index is 11.6. The molecule has 0 saturated carbocycles. The standard InChI is InChI=1S/C20H17NO2S/c1-2-23-20(22)16-11-9-15(10-12-16)6-5-13-24-19-14-17-7-3-4-8-18(17)21-19/h3-4,7-12,14,21H,2,13H2,1H3. The van der Waals surface area contributed by atoms with Crippen LogP contribution in [-0.2, 0) is 4.74 Å². The molecule has 2 aromatic carbocycles. The number of ether oxygens (including phenoxy) is 1. The van der Waals surface area contributed by atoms with Crippen molar-refractivity contribution >= 4 is 28.6 Å². The molecule has 4 heteroatoms. The van der Waals surface area contributed by atoms with Crippen molar-refractivity contribution in [3.63, 3.8) is 0 Å². The maximum absolute atomic E-state index is 11.6. The molecule has 0 atom stereocenters. The van der Waals surface area contributed by atoms with Crippen LogP contribution in [0.25, 0.3) is 10.9 Å². The summed E-state index contributed by atoms with van der Waals surface area (Å²) in [5.74, 6) is 6.66. The van der Waals surface area contributed by atoms with E-state index in [1.54, 1.807) is 30.8 Å². The molecule has 1 aromatic heterocycles. The van der Waals surface area contributed by atoms with E-state index in [1.807, 2.05) is 24.3 Å². The van der Waals surface area contributed by atoms with Crippen molar-refractivity contribution in [3.8, 4) is 11.8 Å². The number of benzene rings is 2. The van der Waals surface area contributed by atoms with Crippen molar-refractivity contribution in [2.24, 2.45) is 0 Å². The number of carbonyl (C=O) groups excluding carboxylic acids is 1. The molecular formula is C20H17NO2S. The van der Waals surface area contributed by atoms with Crippen LogP contribution in [-0.4, -0.2) is 23.3 Å². The number of para-hydroxylation sites is 1. The molecule has 3 nitrogen and oxygen atoms in total. The van der Waals surface area contributed by atoms with Gasteiger partial charge < -0.3 is 9.72 Å². The number of nitrogens with one attached hydrogen (secondary N) is 1. The van der Waals surface area contributed by atoms with E-state index >= 15 is 0 Å². The van der Waals surface area contributed by atoms with Gasteiger partial charge in [-0.3, -0.25) is 0 Å². The molecule has 0 spiro atoms. The topological polar surface area (TPSA) is 42.1 Å². The van der Waals surface area contributed by atoms with E-state index in [0.29, 0.717) is 17.9 Å². The highest BCUT2D eigenvalue weighted by atomic mass is 32.2. The number of hydrogen-bond acceptors (Lipinski definition) is 3. The summed E-state index contributed by atoms with van der Waals surface area (Å²) in [6, 6.07) is 17.5. The summed E-state index contributed by atoms with van der Waals surface area (Å²) in [6.07, 6.45) is 0. The summed E-state index contributed by atoms with van der Waals surface area (Å²) in [6.45, 7) is 2.17. The predicted molar refractivity (Wildman–Crippen MR) is 98.3 cm³/mol. The third kappa shape index (κ3) is 4.01. The van der Waals surface area contributed by atoms with Gasteiger partial charge in [0.2, 0.25) is 0 Å². The average molecular weight is 335 g/mol. The third-order valence-electron chi connectivity index (χ3n) is 3.43. The minimum absolute atomic E-state index is 0.300. The molecule has 1 heterocycles. The van der Waals surface area contributed by atoms with Crippen molar-refractivity contribution in [2.45, 2.75) is 11.9 Å². The molecule has 120 valence electrons. The highest BCUT2D eigenvalue weighted by Crippen LogP contribution is 2.22. The number of esters is 1. The summed E-state index contributed by atoms with van der Waals surface area (Å²) in [5, 5.41) is 2.32. The first-order valence-electron chi connectivity index (χ1n) is 7.73. The summed E-state index contributed by atoms with van der Waals surface area (Å²) < 4.78 is 4.96. The summed E-state index contributed by atoms with van der Waals surface area (Å²) in [7, 11) is 0. The third-order valence-corrected chi connectivity index (χ3v) is 4.25. The second-order valence-electron chi connectivity index (χ2n) is 5.11. The van der Waals surface area contributed by atoms with Crippen LogP contribution in [0.3, 0.4) is 0 Å². The summed E-state index contributed by atoms with van der Waals surface area (Å²) >= 11 is 1.68. The number of H-pyrrole nitrogens is 1. The molecule has 0 unspecified atom stereocenters. The van der Waals surface area contributed by atoms with Gasteiger partial charge in [0.15, 0.2) is 0 Å². The number of rotatable bonds is 4. The van der Waals surface area contributed by atoms with E-state index in [0.717, 1.165) is 16.1 Å². The Morgan fingerprint density at radius 2 is 1.96 bits per heavy atom. The molecule has 0 radical (unpaired) electrons. The van der Waals surface area contributed by atoms with Crippen LogP contribution in [0.4, 0.5) is 0 Å². The lowest BCUT2D eigenvalue weighted by Crippen LogP contribution is -2.04. The highest BCUT2D eigenvalue weighted by Gasteiger charge is 2.04. The minimum Gasteiger partial charge on any atom is -0.462 e. The van der Waals surface area contributed by atoms with Crippen LogP contribution in [0.1, 0.15) is 22.8 Å². The van der Waals surface area contributed by atoms with Crippen molar-refractivity contribution in [1.82, 2.24) is 4.98 Å². The Hall–Kier alpha value is -2.64. The molecule has 0 bridgehead atoms. The minimum atomic E-state index is -0.300. The van der Waals surface area contributed by atoms with E-state index < -0.39 is 0 Å². The molecule has 24 heavy (non-hydrogen) atoms. The first kappa shape index (κ1) is 16.2. The van der Waals surface area contributed by atoms with Gasteiger partial charge in [-0.2, -0.15) is 0 Å². The van der Waals surface area contributed by atoms with E-state index in [-0.39, 0.29) is 5.97 Å². The average Bonchev–Trinajstić information content (AvgIpc) is 3.02. The molecule has 0 aliphatic carbocycles. The Morgan fingerprint density at radius 1 is 1.17 bits per heavy atom. The van der Waals surface area contributed by atoms with Crippen LogP contribution < -0.4 is 0 Å². The van der Waals surface area contributed by atoms with Crippen molar-refractivity contribution in [1.29, 1.82) is 0 Å². The molecular weight excluding hydrogens is 318 g/mol. The Kier molecular flexibility index (Phi) is 5.25. The molecule has 3 aromatic rings. The number of carbonyl (C=O) groups is 1. The second-order valence-corrected chi connectivity index (χ2v) is 6.13. The fourth-order valence-electron chi connectivity index (χ4n) is 2.28. The first-order chi connectivity index (χ1) is 11.8. The second kappa shape index (κ2) is 7.76. The smallest absolute Gasteiger partial charge is 0.338 e. The maximum Gasteiger partial charge on any atom is 0.338 e. The quantitative estimate of drug-likeness (QED) is 0.434. The zero-order chi connectivity index (χ0) is 16.8. The number of hydrogen-bond donors (Lipinski definition) is 1. The summed E-state index contributed by atoms with van der Waals surface area (Å²) in [5.41, 5.74) is 2.58. The van der Waals surface area contributed by atoms with Gasteiger partial charge in [0.1, 0.15) is 0 Å². The van der Waals surface area contributed by atoms with Gasteiger partial charge >= 0.3 is 5.97 Å². The van der Waals surface area contributed by atoms with Crippen molar-refractivity contribution in [2.75, 3.05) is 12.4 Å².